The third kappa shape index (κ3) is 3.58. The number of amides is 2. The third-order valence-corrected chi connectivity index (χ3v) is 5.19. The Morgan fingerprint density at radius 1 is 1.14 bits per heavy atom. The highest BCUT2D eigenvalue weighted by Gasteiger charge is 2.40. The van der Waals surface area contributed by atoms with Gasteiger partial charge < -0.3 is 19.9 Å². The van der Waals surface area contributed by atoms with Crippen LogP contribution in [0.4, 0.5) is 0 Å². The Balaban J connectivity index is 1.51. The van der Waals surface area contributed by atoms with Gasteiger partial charge in [-0.2, -0.15) is 0 Å². The molecule has 1 aliphatic rings. The zero-order chi connectivity index (χ0) is 19.5. The molecule has 1 aromatic heterocycles. The van der Waals surface area contributed by atoms with E-state index in [1.807, 2.05) is 60.8 Å². The molecule has 0 aliphatic carbocycles. The lowest BCUT2D eigenvalue weighted by molar-refractivity contribution is -0.137. The van der Waals surface area contributed by atoms with Crippen molar-refractivity contribution in [2.75, 3.05) is 13.6 Å². The number of benzene rings is 2. The van der Waals surface area contributed by atoms with Crippen LogP contribution < -0.4 is 10.1 Å². The summed E-state index contributed by atoms with van der Waals surface area (Å²) in [5.74, 6) is 0.512. The van der Waals surface area contributed by atoms with Crippen LogP contribution in [0.1, 0.15) is 12.0 Å². The summed E-state index contributed by atoms with van der Waals surface area (Å²) in [6.45, 7) is 0.397. The fourth-order valence-corrected chi connectivity index (χ4v) is 3.81. The van der Waals surface area contributed by atoms with Crippen LogP contribution in [0.5, 0.6) is 5.75 Å². The number of nitrogens with one attached hydrogen (secondary N) is 2. The van der Waals surface area contributed by atoms with Crippen LogP contribution in [0, 0.1) is 0 Å². The van der Waals surface area contributed by atoms with Gasteiger partial charge >= 0.3 is 0 Å². The minimum Gasteiger partial charge on any atom is -0.488 e. The van der Waals surface area contributed by atoms with E-state index in [-0.39, 0.29) is 24.3 Å². The SMILES string of the molecule is CNC(=O)[C@@H]1C[C@H](Oc2ccccc2)CN1C(=O)Cc1c[nH]c2ccccc12. The number of fused-ring (bicyclic) bond motifs is 1. The fourth-order valence-electron chi connectivity index (χ4n) is 3.81. The van der Waals surface area contributed by atoms with Crippen molar-refractivity contribution < 1.29 is 14.3 Å². The first-order valence-electron chi connectivity index (χ1n) is 9.43. The Kier molecular flexibility index (Phi) is 5.02. The predicted octanol–water partition coefficient (Wildman–Crippen LogP) is 2.50. The summed E-state index contributed by atoms with van der Waals surface area (Å²) in [6.07, 6.45) is 2.38. The maximum absolute atomic E-state index is 13.1. The maximum Gasteiger partial charge on any atom is 0.242 e. The Morgan fingerprint density at radius 2 is 1.89 bits per heavy atom. The number of carbonyl (C=O) groups is 2. The number of ether oxygens (including phenoxy) is 1. The molecule has 28 heavy (non-hydrogen) atoms. The van der Waals surface area contributed by atoms with Gasteiger partial charge in [-0.3, -0.25) is 9.59 Å². The second-order valence-corrected chi connectivity index (χ2v) is 7.00. The van der Waals surface area contributed by atoms with Gasteiger partial charge in [0.15, 0.2) is 0 Å². The van der Waals surface area contributed by atoms with E-state index in [1.165, 1.54) is 0 Å². The molecule has 6 heteroatoms. The number of likely N-dealkylation sites (tertiary alicyclic amines) is 1. The molecule has 3 aromatic rings. The molecule has 0 radical (unpaired) electrons. The number of aromatic nitrogens is 1. The van der Waals surface area contributed by atoms with E-state index in [4.69, 9.17) is 4.74 Å². The Bertz CT molecular complexity index is 983. The number of hydrogen-bond acceptors (Lipinski definition) is 3. The van der Waals surface area contributed by atoms with Gasteiger partial charge in [-0.1, -0.05) is 36.4 Å². The van der Waals surface area contributed by atoms with Crippen molar-refractivity contribution in [1.82, 2.24) is 15.2 Å². The maximum atomic E-state index is 13.1. The highest BCUT2D eigenvalue weighted by atomic mass is 16.5. The Hall–Kier alpha value is -3.28. The average molecular weight is 377 g/mol. The summed E-state index contributed by atoms with van der Waals surface area (Å²) in [7, 11) is 1.59. The number of aromatic amines is 1. The van der Waals surface area contributed by atoms with Gasteiger partial charge in [0.2, 0.25) is 11.8 Å². The van der Waals surface area contributed by atoms with E-state index < -0.39 is 6.04 Å². The van der Waals surface area contributed by atoms with Gasteiger partial charge in [0.05, 0.1) is 13.0 Å². The zero-order valence-corrected chi connectivity index (χ0v) is 15.7. The third-order valence-electron chi connectivity index (χ3n) is 5.19. The van der Waals surface area contributed by atoms with Crippen LogP contribution in [-0.4, -0.2) is 47.4 Å². The molecule has 0 bridgehead atoms. The Labute approximate surface area is 163 Å². The largest absolute Gasteiger partial charge is 0.488 e. The molecule has 1 aliphatic heterocycles. The van der Waals surface area contributed by atoms with Gasteiger partial charge in [0, 0.05) is 30.6 Å². The van der Waals surface area contributed by atoms with E-state index in [0.29, 0.717) is 13.0 Å². The van der Waals surface area contributed by atoms with Crippen LogP contribution >= 0.6 is 0 Å². The van der Waals surface area contributed by atoms with Gasteiger partial charge in [-0.15, -0.1) is 0 Å². The van der Waals surface area contributed by atoms with Crippen molar-refractivity contribution >= 4 is 22.7 Å². The van der Waals surface area contributed by atoms with E-state index >= 15 is 0 Å². The first-order valence-corrected chi connectivity index (χ1v) is 9.43. The summed E-state index contributed by atoms with van der Waals surface area (Å²) in [6, 6.07) is 16.9. The molecule has 0 spiro atoms. The molecule has 2 heterocycles. The highest BCUT2D eigenvalue weighted by molar-refractivity contribution is 5.92. The molecule has 2 atom stereocenters. The van der Waals surface area contributed by atoms with Crippen molar-refractivity contribution in [3.05, 3.63) is 66.4 Å². The van der Waals surface area contributed by atoms with Crippen molar-refractivity contribution in [3.8, 4) is 5.75 Å². The smallest absolute Gasteiger partial charge is 0.242 e. The standard InChI is InChI=1S/C22H23N3O3/c1-23-22(27)20-12-17(28-16-7-3-2-4-8-16)14-25(20)21(26)11-15-13-24-19-10-6-5-9-18(15)19/h2-10,13,17,20,24H,11-12,14H2,1H3,(H,23,27)/t17-,20-/m0/s1. The number of likely N-dealkylation sites (N-methyl/N-ethyl adjacent to an activating group) is 1. The number of carbonyl (C=O) groups excluding carboxylic acids is 2. The molecule has 4 rings (SSSR count). The van der Waals surface area contributed by atoms with Crippen molar-refractivity contribution in [2.45, 2.75) is 25.0 Å². The zero-order valence-electron chi connectivity index (χ0n) is 15.7. The van der Waals surface area contributed by atoms with E-state index in [2.05, 4.69) is 10.3 Å². The van der Waals surface area contributed by atoms with Crippen molar-refractivity contribution in [2.24, 2.45) is 0 Å². The average Bonchev–Trinajstić information content (AvgIpc) is 3.33. The number of rotatable bonds is 5. The minimum absolute atomic E-state index is 0.0717. The normalized spacial score (nSPS) is 19.0. The van der Waals surface area contributed by atoms with Crippen LogP contribution in [-0.2, 0) is 16.0 Å². The van der Waals surface area contributed by atoms with Gasteiger partial charge in [-0.05, 0) is 23.8 Å². The molecule has 144 valence electrons. The van der Waals surface area contributed by atoms with E-state index in [0.717, 1.165) is 22.2 Å². The topological polar surface area (TPSA) is 74.4 Å². The minimum atomic E-state index is -0.517. The number of nitrogens with zero attached hydrogens (tertiary/aromatic N) is 1. The molecule has 1 saturated heterocycles. The second-order valence-electron chi connectivity index (χ2n) is 7.00. The van der Waals surface area contributed by atoms with Crippen LogP contribution in [0.2, 0.25) is 0 Å². The fraction of sp³-hybridized carbons (Fsp3) is 0.273. The summed E-state index contributed by atoms with van der Waals surface area (Å²) in [5.41, 5.74) is 1.93. The van der Waals surface area contributed by atoms with Crippen LogP contribution in [0.25, 0.3) is 10.9 Å². The molecular weight excluding hydrogens is 354 g/mol. The molecule has 0 unspecified atom stereocenters. The molecule has 2 aromatic carbocycles. The molecule has 1 fully saturated rings. The van der Waals surface area contributed by atoms with Gasteiger partial charge in [0.25, 0.3) is 0 Å². The molecule has 2 amide bonds. The predicted molar refractivity (Wildman–Crippen MR) is 107 cm³/mol. The lowest BCUT2D eigenvalue weighted by Gasteiger charge is -2.23. The summed E-state index contributed by atoms with van der Waals surface area (Å²) in [5, 5.41) is 3.70. The Morgan fingerprint density at radius 3 is 2.68 bits per heavy atom. The quantitative estimate of drug-likeness (QED) is 0.717. The second kappa shape index (κ2) is 7.76. The molecule has 6 nitrogen and oxygen atoms in total. The summed E-state index contributed by atoms with van der Waals surface area (Å²) < 4.78 is 6.01. The first-order chi connectivity index (χ1) is 13.7. The van der Waals surface area contributed by atoms with Crippen LogP contribution in [0.15, 0.2) is 60.8 Å². The number of hydrogen-bond donors (Lipinski definition) is 2. The van der Waals surface area contributed by atoms with E-state index in [1.54, 1.807) is 11.9 Å². The lowest BCUT2D eigenvalue weighted by Crippen LogP contribution is -2.45. The molecular formula is C22H23N3O3. The lowest BCUT2D eigenvalue weighted by atomic mass is 10.1. The molecule has 0 saturated carbocycles. The van der Waals surface area contributed by atoms with Crippen molar-refractivity contribution in [1.29, 1.82) is 0 Å². The van der Waals surface area contributed by atoms with Crippen molar-refractivity contribution in [3.63, 3.8) is 0 Å². The first kappa shape index (κ1) is 18.1. The molecule has 2 N–H and O–H groups in total. The summed E-state index contributed by atoms with van der Waals surface area (Å²) in [4.78, 5) is 30.3. The number of H-pyrrole nitrogens is 1. The van der Waals surface area contributed by atoms with Gasteiger partial charge in [0.1, 0.15) is 17.9 Å². The van der Waals surface area contributed by atoms with E-state index in [9.17, 15) is 9.59 Å². The van der Waals surface area contributed by atoms with Crippen LogP contribution in [0.3, 0.4) is 0 Å². The van der Waals surface area contributed by atoms with Gasteiger partial charge in [-0.25, -0.2) is 0 Å². The summed E-state index contributed by atoms with van der Waals surface area (Å²) >= 11 is 0. The highest BCUT2D eigenvalue weighted by Crippen LogP contribution is 2.25. The number of para-hydroxylation sites is 2. The monoisotopic (exact) mass is 377 g/mol.